The first-order chi connectivity index (χ1) is 10.6. The van der Waals surface area contributed by atoms with Gasteiger partial charge in [0.25, 0.3) is 5.91 Å². The summed E-state index contributed by atoms with van der Waals surface area (Å²) in [5.41, 5.74) is 1.33. The van der Waals surface area contributed by atoms with Gasteiger partial charge < -0.3 is 9.64 Å². The maximum atomic E-state index is 12.2. The number of hydrogen-bond acceptors (Lipinski definition) is 3. The van der Waals surface area contributed by atoms with Crippen LogP contribution in [0.2, 0.25) is 0 Å². The summed E-state index contributed by atoms with van der Waals surface area (Å²) in [4.78, 5) is 18.0. The molecule has 0 atom stereocenters. The molecule has 0 saturated heterocycles. The van der Waals surface area contributed by atoms with E-state index in [0.717, 1.165) is 5.69 Å². The molecule has 2 rings (SSSR count). The zero-order valence-corrected chi connectivity index (χ0v) is 12.1. The van der Waals surface area contributed by atoms with E-state index in [-0.39, 0.29) is 11.7 Å². The Kier molecular flexibility index (Phi) is 5.41. The van der Waals surface area contributed by atoms with E-state index in [0.29, 0.717) is 18.5 Å². The number of carbonyl (C=O) groups excluding carboxylic acids is 1. The van der Waals surface area contributed by atoms with Gasteiger partial charge in [-0.1, -0.05) is 6.07 Å². The van der Waals surface area contributed by atoms with Gasteiger partial charge >= 0.3 is 6.61 Å². The van der Waals surface area contributed by atoms with Crippen LogP contribution in [0.3, 0.4) is 0 Å². The van der Waals surface area contributed by atoms with Crippen molar-refractivity contribution < 1.29 is 18.3 Å². The first-order valence-corrected chi connectivity index (χ1v) is 6.76. The number of likely N-dealkylation sites (N-methyl/N-ethyl adjacent to an activating group) is 1. The Labute approximate surface area is 127 Å². The lowest BCUT2D eigenvalue weighted by Crippen LogP contribution is -2.28. The van der Waals surface area contributed by atoms with Crippen LogP contribution in [-0.4, -0.2) is 36.0 Å². The van der Waals surface area contributed by atoms with Crippen molar-refractivity contribution in [1.82, 2.24) is 9.88 Å². The van der Waals surface area contributed by atoms with Crippen molar-refractivity contribution in [1.29, 1.82) is 0 Å². The van der Waals surface area contributed by atoms with Gasteiger partial charge in [-0.05, 0) is 36.4 Å². The maximum Gasteiger partial charge on any atom is 0.387 e. The molecule has 4 nitrogen and oxygen atoms in total. The summed E-state index contributed by atoms with van der Waals surface area (Å²) in [7, 11) is 1.69. The van der Waals surface area contributed by atoms with Crippen molar-refractivity contribution in [3.05, 3.63) is 59.9 Å². The first-order valence-electron chi connectivity index (χ1n) is 6.76. The molecule has 0 unspecified atom stereocenters. The minimum absolute atomic E-state index is 0.0303. The average molecular weight is 306 g/mol. The standard InChI is InChI=1S/C16H16F2N2O2/c1-20(11-9-13-4-2-3-10-19-13)15(21)12-5-7-14(8-6-12)22-16(17)18/h2-8,10,16H,9,11H2,1H3. The number of amides is 1. The summed E-state index contributed by atoms with van der Waals surface area (Å²) in [5.74, 6) is -0.151. The molecule has 0 saturated carbocycles. The molecule has 1 amide bonds. The minimum atomic E-state index is -2.87. The summed E-state index contributed by atoms with van der Waals surface area (Å²) in [5, 5.41) is 0. The predicted molar refractivity (Wildman–Crippen MR) is 78.0 cm³/mol. The Bertz CT molecular complexity index is 603. The van der Waals surface area contributed by atoms with E-state index in [1.165, 1.54) is 24.3 Å². The SMILES string of the molecule is CN(CCc1ccccn1)C(=O)c1ccc(OC(F)F)cc1. The Morgan fingerprint density at radius 2 is 1.95 bits per heavy atom. The van der Waals surface area contributed by atoms with Gasteiger partial charge in [0.05, 0.1) is 0 Å². The summed E-state index contributed by atoms with van der Waals surface area (Å²) < 4.78 is 28.4. The number of nitrogens with zero attached hydrogens (tertiary/aromatic N) is 2. The Hall–Kier alpha value is -2.50. The molecule has 1 heterocycles. The van der Waals surface area contributed by atoms with Crippen LogP contribution in [0.25, 0.3) is 0 Å². The van der Waals surface area contributed by atoms with Crippen molar-refractivity contribution in [3.8, 4) is 5.75 Å². The second-order valence-corrected chi connectivity index (χ2v) is 4.70. The summed E-state index contributed by atoms with van der Waals surface area (Å²) in [6, 6.07) is 11.3. The molecule has 1 aromatic heterocycles. The van der Waals surface area contributed by atoms with Gasteiger partial charge in [-0.2, -0.15) is 8.78 Å². The van der Waals surface area contributed by atoms with Crippen LogP contribution in [0.4, 0.5) is 8.78 Å². The van der Waals surface area contributed by atoms with Crippen LogP contribution in [0, 0.1) is 0 Å². The third kappa shape index (κ3) is 4.51. The number of benzene rings is 1. The predicted octanol–water partition coefficient (Wildman–Crippen LogP) is 3.00. The Morgan fingerprint density at radius 1 is 1.23 bits per heavy atom. The number of hydrogen-bond donors (Lipinski definition) is 0. The maximum absolute atomic E-state index is 12.2. The highest BCUT2D eigenvalue weighted by Crippen LogP contribution is 2.15. The van der Waals surface area contributed by atoms with E-state index >= 15 is 0 Å². The topological polar surface area (TPSA) is 42.4 Å². The molecule has 116 valence electrons. The highest BCUT2D eigenvalue weighted by molar-refractivity contribution is 5.94. The fourth-order valence-electron chi connectivity index (χ4n) is 1.93. The van der Waals surface area contributed by atoms with Crippen LogP contribution in [0.1, 0.15) is 16.1 Å². The van der Waals surface area contributed by atoms with E-state index in [4.69, 9.17) is 0 Å². The monoisotopic (exact) mass is 306 g/mol. The van der Waals surface area contributed by atoms with Gasteiger partial charge in [0.15, 0.2) is 0 Å². The van der Waals surface area contributed by atoms with Gasteiger partial charge in [-0.3, -0.25) is 9.78 Å². The fraction of sp³-hybridized carbons (Fsp3) is 0.250. The van der Waals surface area contributed by atoms with Gasteiger partial charge in [-0.15, -0.1) is 0 Å². The van der Waals surface area contributed by atoms with E-state index in [1.54, 1.807) is 18.1 Å². The fourth-order valence-corrected chi connectivity index (χ4v) is 1.93. The molecule has 0 aliphatic rings. The third-order valence-electron chi connectivity index (χ3n) is 3.10. The number of pyridine rings is 1. The number of ether oxygens (including phenoxy) is 1. The third-order valence-corrected chi connectivity index (χ3v) is 3.10. The van der Waals surface area contributed by atoms with E-state index in [9.17, 15) is 13.6 Å². The summed E-state index contributed by atoms with van der Waals surface area (Å²) in [6.45, 7) is -2.35. The summed E-state index contributed by atoms with van der Waals surface area (Å²) in [6.07, 6.45) is 2.36. The molecule has 2 aromatic rings. The smallest absolute Gasteiger partial charge is 0.387 e. The lowest BCUT2D eigenvalue weighted by Gasteiger charge is -2.17. The molecular formula is C16H16F2N2O2. The lowest BCUT2D eigenvalue weighted by molar-refractivity contribution is -0.0498. The largest absolute Gasteiger partial charge is 0.435 e. The quantitative estimate of drug-likeness (QED) is 0.824. The highest BCUT2D eigenvalue weighted by Gasteiger charge is 2.12. The minimum Gasteiger partial charge on any atom is -0.435 e. The van der Waals surface area contributed by atoms with Gasteiger partial charge in [0.2, 0.25) is 0 Å². The molecule has 0 bridgehead atoms. The van der Waals surface area contributed by atoms with Crippen LogP contribution >= 0.6 is 0 Å². The summed E-state index contributed by atoms with van der Waals surface area (Å²) >= 11 is 0. The van der Waals surface area contributed by atoms with Crippen molar-refractivity contribution in [3.63, 3.8) is 0 Å². The molecule has 0 spiro atoms. The van der Waals surface area contributed by atoms with Crippen molar-refractivity contribution in [2.24, 2.45) is 0 Å². The van der Waals surface area contributed by atoms with Crippen LogP contribution in [0.5, 0.6) is 5.75 Å². The molecular weight excluding hydrogens is 290 g/mol. The number of alkyl halides is 2. The second kappa shape index (κ2) is 7.49. The zero-order chi connectivity index (χ0) is 15.9. The normalized spacial score (nSPS) is 10.5. The van der Waals surface area contributed by atoms with Crippen molar-refractivity contribution >= 4 is 5.91 Å². The number of halogens is 2. The molecule has 0 N–H and O–H groups in total. The lowest BCUT2D eigenvalue weighted by atomic mass is 10.2. The molecule has 0 fully saturated rings. The molecule has 0 aliphatic carbocycles. The van der Waals surface area contributed by atoms with E-state index in [2.05, 4.69) is 9.72 Å². The molecule has 0 radical (unpaired) electrons. The first kappa shape index (κ1) is 15.9. The van der Waals surface area contributed by atoms with Crippen LogP contribution in [0.15, 0.2) is 48.7 Å². The molecule has 0 aliphatic heterocycles. The Morgan fingerprint density at radius 3 is 2.55 bits per heavy atom. The van der Waals surface area contributed by atoms with Crippen molar-refractivity contribution in [2.45, 2.75) is 13.0 Å². The van der Waals surface area contributed by atoms with E-state index < -0.39 is 6.61 Å². The van der Waals surface area contributed by atoms with Crippen LogP contribution in [-0.2, 0) is 6.42 Å². The van der Waals surface area contributed by atoms with Gasteiger partial charge in [-0.25, -0.2) is 0 Å². The number of rotatable bonds is 6. The number of carbonyl (C=O) groups is 1. The number of aromatic nitrogens is 1. The van der Waals surface area contributed by atoms with E-state index in [1.807, 2.05) is 18.2 Å². The highest BCUT2D eigenvalue weighted by atomic mass is 19.3. The van der Waals surface area contributed by atoms with Crippen molar-refractivity contribution in [2.75, 3.05) is 13.6 Å². The second-order valence-electron chi connectivity index (χ2n) is 4.70. The molecule has 22 heavy (non-hydrogen) atoms. The zero-order valence-electron chi connectivity index (χ0n) is 12.1. The van der Waals surface area contributed by atoms with Crippen LogP contribution < -0.4 is 4.74 Å². The Balaban J connectivity index is 1.92. The van der Waals surface area contributed by atoms with Gasteiger partial charge in [0, 0.05) is 37.5 Å². The van der Waals surface area contributed by atoms with Gasteiger partial charge in [0.1, 0.15) is 5.75 Å². The molecule has 1 aromatic carbocycles. The average Bonchev–Trinajstić information content (AvgIpc) is 2.53. The molecule has 6 heteroatoms.